The van der Waals surface area contributed by atoms with Gasteiger partial charge >= 0.3 is 11.9 Å². The van der Waals surface area contributed by atoms with Gasteiger partial charge in [-0.05, 0) is 46.0 Å². The Morgan fingerprint density at radius 1 is 1.15 bits per heavy atom. The molecular weight excluding hydrogens is 696 g/mol. The van der Waals surface area contributed by atoms with Crippen LogP contribution in [0.1, 0.15) is 46.0 Å². The highest BCUT2D eigenvalue weighted by atomic mass is 16.8. The number of guanidine groups is 1. The zero-order valence-electron chi connectivity index (χ0n) is 30.2. The SMILES string of the molecule is C=C[C@H]1[C@H](O[C@@H]2O[C@H](CO)[C@@H](O)[C@H](O)[C@H]2OC(C)C)OC=C(C(=O)OC2CCCC2)[C@H]1/C=C/C1=C[NH+](CCO)CC(C(=O)O)=C1NC(N)=NCCCO. The lowest BCUT2D eigenvalue weighted by Gasteiger charge is -2.44. The van der Waals surface area contributed by atoms with Gasteiger partial charge < -0.3 is 70.3 Å². The first-order chi connectivity index (χ1) is 25.4. The summed E-state index contributed by atoms with van der Waals surface area (Å²) >= 11 is 0. The van der Waals surface area contributed by atoms with Crippen molar-refractivity contribution in [1.29, 1.82) is 0 Å². The van der Waals surface area contributed by atoms with E-state index in [1.165, 1.54) is 12.3 Å². The highest BCUT2D eigenvalue weighted by Gasteiger charge is 2.49. The Morgan fingerprint density at radius 2 is 1.89 bits per heavy atom. The number of hydrogen-bond donors (Lipinski definition) is 9. The number of aliphatic imine (C=N–C) groups is 1. The molecule has 2 fully saturated rings. The first-order valence-corrected chi connectivity index (χ1v) is 18.0. The van der Waals surface area contributed by atoms with Crippen molar-refractivity contribution < 1.29 is 68.8 Å². The number of aliphatic carboxylic acids is 1. The van der Waals surface area contributed by atoms with E-state index in [9.17, 15) is 35.1 Å². The molecule has 0 spiro atoms. The smallest absolute Gasteiger partial charge is 0.339 e. The first-order valence-electron chi connectivity index (χ1n) is 18.0. The van der Waals surface area contributed by atoms with Gasteiger partial charge in [0.15, 0.2) is 12.2 Å². The number of ether oxygens (including phenoxy) is 5. The van der Waals surface area contributed by atoms with Gasteiger partial charge in [-0.15, -0.1) is 6.58 Å². The third-order valence-electron chi connectivity index (χ3n) is 9.40. The Labute approximate surface area is 308 Å². The van der Waals surface area contributed by atoms with E-state index in [-0.39, 0.29) is 61.8 Å². The molecule has 1 saturated heterocycles. The van der Waals surface area contributed by atoms with Crippen LogP contribution in [0.25, 0.3) is 0 Å². The maximum Gasteiger partial charge on any atom is 0.339 e. The number of nitrogens with zero attached hydrogens (tertiary/aromatic N) is 1. The third kappa shape index (κ3) is 11.0. The minimum absolute atomic E-state index is 0.0226. The molecule has 10 N–H and O–H groups in total. The molecule has 0 aromatic rings. The number of carbonyl (C=O) groups excluding carboxylic acids is 1. The third-order valence-corrected chi connectivity index (χ3v) is 9.40. The predicted molar refractivity (Wildman–Crippen MR) is 188 cm³/mol. The van der Waals surface area contributed by atoms with Gasteiger partial charge in [-0.3, -0.25) is 4.99 Å². The molecule has 1 aliphatic carbocycles. The number of carboxylic acids is 1. The fraction of sp³-hybridized carbons (Fsp3) is 0.639. The lowest BCUT2D eigenvalue weighted by molar-refractivity contribution is -0.843. The summed E-state index contributed by atoms with van der Waals surface area (Å²) in [6.45, 7) is 6.95. The average molecular weight is 752 g/mol. The van der Waals surface area contributed by atoms with E-state index in [0.717, 1.165) is 25.7 Å². The number of aliphatic hydroxyl groups is 5. The Hall–Kier alpha value is -3.65. The number of hydrogen-bond acceptors (Lipinski definition) is 13. The fourth-order valence-corrected chi connectivity index (χ4v) is 6.71. The molecule has 4 aliphatic rings. The van der Waals surface area contributed by atoms with Gasteiger partial charge in [0.25, 0.3) is 0 Å². The highest BCUT2D eigenvalue weighted by molar-refractivity contribution is 5.92. The van der Waals surface area contributed by atoms with Crippen molar-refractivity contribution in [1.82, 2.24) is 5.32 Å². The van der Waals surface area contributed by atoms with Gasteiger partial charge in [-0.1, -0.05) is 18.2 Å². The van der Waals surface area contributed by atoms with Crippen LogP contribution >= 0.6 is 0 Å². The minimum atomic E-state index is -1.48. The van der Waals surface area contributed by atoms with Crippen LogP contribution in [0.15, 0.2) is 64.7 Å². The molecule has 0 amide bonds. The van der Waals surface area contributed by atoms with Crippen LogP contribution in [-0.2, 0) is 33.3 Å². The summed E-state index contributed by atoms with van der Waals surface area (Å²) in [4.78, 5) is 31.0. The standard InChI is InChI=1S/C36H54N4O13/c1-4-23-24(11-10-21-16-40(13-15-42)17-25(32(46)47)28(21)39-36(37)38-12-7-14-41)26(33(48)51-22-8-5-6-9-22)19-49-34(23)53-35-31(50-20(2)3)30(45)29(44)27(18-43)52-35/h4,10-11,16,19-20,22-24,27,29-31,34-35,41-45H,1,5-9,12-15,17-18H2,2-3H3,(H,46,47)(H3,37,38,39)/p+1/b11-10+/t23-,24+,27-,29-,30+,31-,34+,35+/m1/s1. The van der Waals surface area contributed by atoms with Crippen molar-refractivity contribution >= 4 is 17.9 Å². The summed E-state index contributed by atoms with van der Waals surface area (Å²) in [5.74, 6) is -3.53. The van der Waals surface area contributed by atoms with Crippen molar-refractivity contribution in [3.8, 4) is 0 Å². The molecule has 296 valence electrons. The van der Waals surface area contributed by atoms with Crippen LogP contribution in [0.4, 0.5) is 0 Å². The van der Waals surface area contributed by atoms with E-state index in [4.69, 9.17) is 34.5 Å². The van der Waals surface area contributed by atoms with Gasteiger partial charge in [0.2, 0.25) is 6.29 Å². The van der Waals surface area contributed by atoms with Crippen LogP contribution in [0, 0.1) is 11.8 Å². The maximum absolute atomic E-state index is 13.7. The molecular formula is C36H55N4O13+. The molecule has 0 aromatic heterocycles. The van der Waals surface area contributed by atoms with Crippen molar-refractivity contribution in [2.24, 2.45) is 22.6 Å². The topological polar surface area (TPSA) is 257 Å². The largest absolute Gasteiger partial charge is 0.478 e. The zero-order chi connectivity index (χ0) is 38.7. The number of carboxylic acid groups (broad SMARTS) is 1. The number of carbonyl (C=O) groups is 2. The van der Waals surface area contributed by atoms with E-state index in [0.29, 0.717) is 16.9 Å². The number of allylic oxidation sites excluding steroid dienone is 2. The number of nitrogens with one attached hydrogen (secondary N) is 2. The van der Waals surface area contributed by atoms with Crippen LogP contribution in [0.3, 0.4) is 0 Å². The molecule has 1 unspecified atom stereocenters. The number of aliphatic hydroxyl groups excluding tert-OH is 5. The summed E-state index contributed by atoms with van der Waals surface area (Å²) in [6.07, 6.45) is 2.91. The van der Waals surface area contributed by atoms with E-state index < -0.39 is 73.5 Å². The van der Waals surface area contributed by atoms with E-state index in [1.807, 2.05) is 0 Å². The van der Waals surface area contributed by atoms with E-state index in [2.05, 4.69) is 16.9 Å². The molecule has 1 saturated carbocycles. The number of rotatable bonds is 17. The van der Waals surface area contributed by atoms with Gasteiger partial charge in [-0.25, -0.2) is 9.59 Å². The van der Waals surface area contributed by atoms with Crippen molar-refractivity contribution in [3.05, 3.63) is 59.7 Å². The lowest BCUT2D eigenvalue weighted by Crippen LogP contribution is -3.09. The summed E-state index contributed by atoms with van der Waals surface area (Å²) in [5.41, 5.74) is 6.76. The fourth-order valence-electron chi connectivity index (χ4n) is 6.71. The molecule has 0 radical (unpaired) electrons. The predicted octanol–water partition coefficient (Wildman–Crippen LogP) is -1.66. The molecule has 0 bridgehead atoms. The van der Waals surface area contributed by atoms with Crippen LogP contribution < -0.4 is 16.0 Å². The Kier molecular flexibility index (Phi) is 16.0. The Balaban J connectivity index is 1.73. The summed E-state index contributed by atoms with van der Waals surface area (Å²) < 4.78 is 29.8. The minimum Gasteiger partial charge on any atom is -0.478 e. The van der Waals surface area contributed by atoms with Crippen molar-refractivity contribution in [2.45, 2.75) is 95.2 Å². The molecule has 17 nitrogen and oxygen atoms in total. The number of quaternary nitrogens is 1. The van der Waals surface area contributed by atoms with Crippen molar-refractivity contribution in [3.63, 3.8) is 0 Å². The monoisotopic (exact) mass is 751 g/mol. The number of nitrogens with two attached hydrogens (primary N) is 1. The quantitative estimate of drug-likeness (QED) is 0.0265. The lowest BCUT2D eigenvalue weighted by atomic mass is 9.83. The molecule has 4 rings (SSSR count). The van der Waals surface area contributed by atoms with E-state index in [1.54, 1.807) is 32.2 Å². The summed E-state index contributed by atoms with van der Waals surface area (Å²) in [7, 11) is 0. The molecule has 3 aliphatic heterocycles. The van der Waals surface area contributed by atoms with Gasteiger partial charge in [0, 0.05) is 19.1 Å². The van der Waals surface area contributed by atoms with Gasteiger partial charge in [0.05, 0.1) is 48.3 Å². The van der Waals surface area contributed by atoms with Gasteiger partial charge in [-0.2, -0.15) is 0 Å². The van der Waals surface area contributed by atoms with Crippen LogP contribution in [0.5, 0.6) is 0 Å². The van der Waals surface area contributed by atoms with Crippen LogP contribution in [-0.4, -0.2) is 137 Å². The van der Waals surface area contributed by atoms with Crippen molar-refractivity contribution in [2.75, 3.05) is 39.5 Å². The Morgan fingerprint density at radius 3 is 2.51 bits per heavy atom. The molecule has 9 atom stereocenters. The molecule has 17 heteroatoms. The second-order valence-corrected chi connectivity index (χ2v) is 13.6. The molecule has 53 heavy (non-hydrogen) atoms. The normalized spacial score (nSPS) is 31.3. The first kappa shape index (κ1) is 42.1. The Bertz CT molecular complexity index is 1420. The van der Waals surface area contributed by atoms with E-state index >= 15 is 0 Å². The second-order valence-electron chi connectivity index (χ2n) is 13.6. The van der Waals surface area contributed by atoms with Crippen LogP contribution in [0.2, 0.25) is 0 Å². The average Bonchev–Trinajstić information content (AvgIpc) is 3.64. The maximum atomic E-state index is 13.7. The summed E-state index contributed by atoms with van der Waals surface area (Å²) in [5, 5.41) is 63.3. The highest BCUT2D eigenvalue weighted by Crippen LogP contribution is 2.38. The number of esters is 1. The zero-order valence-corrected chi connectivity index (χ0v) is 30.2. The van der Waals surface area contributed by atoms with Gasteiger partial charge in [0.1, 0.15) is 55.4 Å². The second kappa shape index (κ2) is 20.1. The molecule has 3 heterocycles. The molecule has 0 aromatic carbocycles. The summed E-state index contributed by atoms with van der Waals surface area (Å²) in [6, 6.07) is 0.